The van der Waals surface area contributed by atoms with Gasteiger partial charge in [0, 0.05) is 29.4 Å². The number of carbonyl (C=O) groups excluding carboxylic acids is 1. The molecule has 182 valence electrons. The van der Waals surface area contributed by atoms with Crippen LogP contribution in [0.25, 0.3) is 0 Å². The Hall–Kier alpha value is -2.66. The SMILES string of the molecule is CCCCCC(c1ccc2c(c1)CC(c1cccc(C(=N)N)c1)C(=O)N2)N1C(C)CCCC1C. The van der Waals surface area contributed by atoms with Gasteiger partial charge < -0.3 is 11.1 Å². The summed E-state index contributed by atoms with van der Waals surface area (Å²) < 4.78 is 0. The number of unbranched alkanes of at least 4 members (excludes halogenated alkanes) is 2. The summed E-state index contributed by atoms with van der Waals surface area (Å²) in [6.07, 6.45) is 9.44. The molecule has 5 heteroatoms. The molecule has 0 aliphatic carbocycles. The lowest BCUT2D eigenvalue weighted by atomic mass is 9.84. The number of nitrogens with one attached hydrogen (secondary N) is 2. The van der Waals surface area contributed by atoms with Crippen molar-refractivity contribution in [2.24, 2.45) is 5.73 Å². The first-order valence-electron chi connectivity index (χ1n) is 13.0. The number of nitrogens with two attached hydrogens (primary N) is 1. The predicted octanol–water partition coefficient (Wildman–Crippen LogP) is 6.13. The van der Waals surface area contributed by atoms with Gasteiger partial charge in [0.1, 0.15) is 5.84 Å². The maximum atomic E-state index is 13.0. The van der Waals surface area contributed by atoms with Crippen molar-refractivity contribution in [3.8, 4) is 0 Å². The van der Waals surface area contributed by atoms with Crippen molar-refractivity contribution < 1.29 is 4.79 Å². The molecule has 1 saturated heterocycles. The van der Waals surface area contributed by atoms with Gasteiger partial charge in [0.2, 0.25) is 5.91 Å². The Morgan fingerprint density at radius 3 is 2.62 bits per heavy atom. The Kier molecular flexibility index (Phi) is 7.72. The molecule has 5 nitrogen and oxygen atoms in total. The Balaban J connectivity index is 1.64. The lowest BCUT2D eigenvalue weighted by Crippen LogP contribution is -2.46. The molecule has 0 saturated carbocycles. The van der Waals surface area contributed by atoms with Gasteiger partial charge in [-0.1, -0.05) is 62.9 Å². The van der Waals surface area contributed by atoms with Gasteiger partial charge in [-0.05, 0) is 68.4 Å². The second-order valence-electron chi connectivity index (χ2n) is 10.3. The maximum absolute atomic E-state index is 13.0. The maximum Gasteiger partial charge on any atom is 0.232 e. The van der Waals surface area contributed by atoms with Crippen molar-refractivity contribution in [1.29, 1.82) is 5.41 Å². The third-order valence-corrected chi connectivity index (χ3v) is 7.82. The lowest BCUT2D eigenvalue weighted by molar-refractivity contribution is -0.117. The third-order valence-electron chi connectivity index (χ3n) is 7.82. The molecule has 4 atom stereocenters. The van der Waals surface area contributed by atoms with E-state index in [-0.39, 0.29) is 17.7 Å². The zero-order valence-corrected chi connectivity index (χ0v) is 20.9. The molecule has 0 aromatic heterocycles. The molecule has 34 heavy (non-hydrogen) atoms. The minimum absolute atomic E-state index is 0.0127. The van der Waals surface area contributed by atoms with Crippen LogP contribution in [0.5, 0.6) is 0 Å². The average molecular weight is 461 g/mol. The van der Waals surface area contributed by atoms with E-state index in [1.807, 2.05) is 24.3 Å². The van der Waals surface area contributed by atoms with Crippen LogP contribution in [0.15, 0.2) is 42.5 Å². The van der Waals surface area contributed by atoms with Gasteiger partial charge in [0.25, 0.3) is 0 Å². The molecule has 2 aromatic rings. The fourth-order valence-corrected chi connectivity index (χ4v) is 5.97. The van der Waals surface area contributed by atoms with Crippen LogP contribution in [0.1, 0.15) is 99.9 Å². The summed E-state index contributed by atoms with van der Waals surface area (Å²) in [5, 5.41) is 10.9. The number of likely N-dealkylation sites (tertiary alicyclic amines) is 1. The van der Waals surface area contributed by atoms with Crippen LogP contribution in [0.3, 0.4) is 0 Å². The fraction of sp³-hybridized carbons (Fsp3) is 0.517. The van der Waals surface area contributed by atoms with E-state index in [0.717, 1.165) is 11.3 Å². The summed E-state index contributed by atoms with van der Waals surface area (Å²) in [6, 6.07) is 15.8. The topological polar surface area (TPSA) is 82.2 Å². The highest BCUT2D eigenvalue weighted by Crippen LogP contribution is 2.39. The van der Waals surface area contributed by atoms with E-state index < -0.39 is 0 Å². The van der Waals surface area contributed by atoms with Crippen LogP contribution in [-0.2, 0) is 11.2 Å². The highest BCUT2D eigenvalue weighted by atomic mass is 16.1. The van der Waals surface area contributed by atoms with Gasteiger partial charge in [-0.2, -0.15) is 0 Å². The second kappa shape index (κ2) is 10.7. The van der Waals surface area contributed by atoms with Crippen molar-refractivity contribution in [3.05, 3.63) is 64.7 Å². The first kappa shape index (κ1) is 24.5. The Morgan fingerprint density at radius 1 is 1.15 bits per heavy atom. The standard InChI is InChI=1S/C29H40N4O/c1-4-5-6-13-27(33-19(2)9-7-10-20(33)3)22-14-15-26-24(17-22)18-25(29(34)32-26)21-11-8-12-23(16-21)28(30)31/h8,11-12,14-17,19-20,25,27H,4-7,9-10,13,18H2,1-3H3,(H3,30,31)(H,32,34). The van der Waals surface area contributed by atoms with Crippen LogP contribution in [0.4, 0.5) is 5.69 Å². The van der Waals surface area contributed by atoms with Gasteiger partial charge in [-0.15, -0.1) is 0 Å². The largest absolute Gasteiger partial charge is 0.384 e. The second-order valence-corrected chi connectivity index (χ2v) is 10.3. The van der Waals surface area contributed by atoms with Crippen LogP contribution in [-0.4, -0.2) is 28.7 Å². The minimum Gasteiger partial charge on any atom is -0.384 e. The van der Waals surface area contributed by atoms with Gasteiger partial charge >= 0.3 is 0 Å². The van der Waals surface area contributed by atoms with Gasteiger partial charge in [-0.25, -0.2) is 0 Å². The molecular formula is C29H40N4O. The zero-order chi connectivity index (χ0) is 24.2. The number of anilines is 1. The number of nitrogens with zero attached hydrogens (tertiary/aromatic N) is 1. The van der Waals surface area contributed by atoms with Crippen LogP contribution < -0.4 is 11.1 Å². The Bertz CT molecular complexity index is 1020. The van der Waals surface area contributed by atoms with E-state index in [0.29, 0.717) is 30.1 Å². The molecule has 1 amide bonds. The number of nitrogen functional groups attached to an aromatic ring is 1. The normalized spacial score (nSPS) is 23.7. The first-order valence-corrected chi connectivity index (χ1v) is 13.0. The summed E-state index contributed by atoms with van der Waals surface area (Å²) in [7, 11) is 0. The van der Waals surface area contributed by atoms with E-state index in [1.54, 1.807) is 0 Å². The summed E-state index contributed by atoms with van der Waals surface area (Å²) >= 11 is 0. The molecule has 2 aliphatic rings. The molecule has 2 aliphatic heterocycles. The number of amidine groups is 1. The molecule has 2 aromatic carbocycles. The molecular weight excluding hydrogens is 420 g/mol. The molecule has 1 fully saturated rings. The van der Waals surface area contributed by atoms with Crippen molar-refractivity contribution in [1.82, 2.24) is 4.90 Å². The van der Waals surface area contributed by atoms with E-state index in [9.17, 15) is 4.79 Å². The number of benzene rings is 2. The number of amides is 1. The number of rotatable bonds is 8. The van der Waals surface area contributed by atoms with Gasteiger partial charge in [0.05, 0.1) is 5.92 Å². The van der Waals surface area contributed by atoms with E-state index in [1.165, 1.54) is 56.1 Å². The molecule has 0 radical (unpaired) electrons. The van der Waals surface area contributed by atoms with Crippen molar-refractivity contribution in [2.45, 2.75) is 96.2 Å². The number of carbonyl (C=O) groups is 1. The average Bonchev–Trinajstić information content (AvgIpc) is 2.82. The summed E-state index contributed by atoms with van der Waals surface area (Å²) in [5.74, 6) is -0.229. The number of piperidine rings is 1. The van der Waals surface area contributed by atoms with E-state index in [2.05, 4.69) is 49.2 Å². The molecule has 4 rings (SSSR count). The molecule has 4 N–H and O–H groups in total. The Morgan fingerprint density at radius 2 is 1.91 bits per heavy atom. The van der Waals surface area contributed by atoms with E-state index >= 15 is 0 Å². The highest BCUT2D eigenvalue weighted by molar-refractivity contribution is 6.00. The molecule has 2 heterocycles. The van der Waals surface area contributed by atoms with Crippen LogP contribution in [0.2, 0.25) is 0 Å². The summed E-state index contributed by atoms with van der Waals surface area (Å²) in [5.41, 5.74) is 10.8. The van der Waals surface area contributed by atoms with Crippen molar-refractivity contribution >= 4 is 17.4 Å². The summed E-state index contributed by atoms with van der Waals surface area (Å²) in [6.45, 7) is 7.04. The zero-order valence-electron chi connectivity index (χ0n) is 20.9. The summed E-state index contributed by atoms with van der Waals surface area (Å²) in [4.78, 5) is 15.7. The highest BCUT2D eigenvalue weighted by Gasteiger charge is 2.33. The monoisotopic (exact) mass is 460 g/mol. The van der Waals surface area contributed by atoms with Crippen molar-refractivity contribution in [3.63, 3.8) is 0 Å². The first-order chi connectivity index (χ1) is 16.4. The fourth-order valence-electron chi connectivity index (χ4n) is 5.97. The predicted molar refractivity (Wildman–Crippen MR) is 140 cm³/mol. The van der Waals surface area contributed by atoms with Crippen LogP contribution >= 0.6 is 0 Å². The number of fused-ring (bicyclic) bond motifs is 1. The smallest absolute Gasteiger partial charge is 0.232 e. The third kappa shape index (κ3) is 5.20. The van der Waals surface area contributed by atoms with Crippen LogP contribution in [0, 0.1) is 5.41 Å². The van der Waals surface area contributed by atoms with Gasteiger partial charge in [0.15, 0.2) is 0 Å². The van der Waals surface area contributed by atoms with Gasteiger partial charge in [-0.3, -0.25) is 15.1 Å². The van der Waals surface area contributed by atoms with Crippen molar-refractivity contribution in [2.75, 3.05) is 5.32 Å². The number of hydrogen-bond donors (Lipinski definition) is 3. The molecule has 0 spiro atoms. The molecule has 4 unspecified atom stereocenters. The minimum atomic E-state index is -0.270. The van der Waals surface area contributed by atoms with E-state index in [4.69, 9.17) is 11.1 Å². The lowest BCUT2D eigenvalue weighted by Gasteiger charge is -2.45. The molecule has 0 bridgehead atoms. The number of hydrogen-bond acceptors (Lipinski definition) is 3. The Labute approximate surface area is 204 Å². The quantitative estimate of drug-likeness (QED) is 0.252.